The SMILES string of the molecule is CC(=O)N1CCC[C@H]1c1cccnc1SC1CCCCC1. The number of hydrogen-bond donors (Lipinski definition) is 0. The second kappa shape index (κ2) is 6.82. The molecule has 0 aromatic carbocycles. The Balaban J connectivity index is 1.80. The first kappa shape index (κ1) is 14.9. The summed E-state index contributed by atoms with van der Waals surface area (Å²) in [6.07, 6.45) is 10.8. The highest BCUT2D eigenvalue weighted by atomic mass is 32.2. The molecule has 0 radical (unpaired) electrons. The zero-order valence-corrected chi connectivity index (χ0v) is 13.6. The van der Waals surface area contributed by atoms with Crippen molar-refractivity contribution < 1.29 is 4.79 Å². The third kappa shape index (κ3) is 3.42. The Morgan fingerprint density at radius 2 is 2.05 bits per heavy atom. The summed E-state index contributed by atoms with van der Waals surface area (Å²) in [6.45, 7) is 2.57. The summed E-state index contributed by atoms with van der Waals surface area (Å²) in [6, 6.07) is 4.42. The molecule has 1 saturated heterocycles. The molecule has 21 heavy (non-hydrogen) atoms. The second-order valence-electron chi connectivity index (χ2n) is 6.15. The van der Waals surface area contributed by atoms with Gasteiger partial charge in [0, 0.05) is 30.5 Å². The van der Waals surface area contributed by atoms with Crippen molar-refractivity contribution in [1.82, 2.24) is 9.88 Å². The summed E-state index contributed by atoms with van der Waals surface area (Å²) in [4.78, 5) is 18.5. The summed E-state index contributed by atoms with van der Waals surface area (Å²) in [5.41, 5.74) is 1.26. The van der Waals surface area contributed by atoms with Crippen LogP contribution in [-0.4, -0.2) is 27.6 Å². The van der Waals surface area contributed by atoms with Crippen LogP contribution in [-0.2, 0) is 4.79 Å². The van der Waals surface area contributed by atoms with E-state index in [2.05, 4.69) is 11.1 Å². The van der Waals surface area contributed by atoms with Gasteiger partial charge in [0.2, 0.25) is 5.91 Å². The molecule has 1 saturated carbocycles. The standard InChI is InChI=1S/C17H24N2OS/c1-13(20)19-12-6-10-16(19)15-9-5-11-18-17(15)21-14-7-3-2-4-8-14/h5,9,11,14,16H,2-4,6-8,10,12H2,1H3/t16-/m0/s1. The van der Waals surface area contributed by atoms with Gasteiger partial charge in [-0.2, -0.15) is 0 Å². The molecule has 0 unspecified atom stereocenters. The van der Waals surface area contributed by atoms with Crippen LogP contribution in [0.5, 0.6) is 0 Å². The number of carbonyl (C=O) groups excluding carboxylic acids is 1. The van der Waals surface area contributed by atoms with Crippen molar-refractivity contribution in [2.24, 2.45) is 0 Å². The van der Waals surface area contributed by atoms with Crippen molar-refractivity contribution in [3.8, 4) is 0 Å². The lowest BCUT2D eigenvalue weighted by Crippen LogP contribution is -2.28. The molecule has 1 aliphatic heterocycles. The monoisotopic (exact) mass is 304 g/mol. The summed E-state index contributed by atoms with van der Waals surface area (Å²) in [5.74, 6) is 0.190. The van der Waals surface area contributed by atoms with Crippen LogP contribution < -0.4 is 0 Å². The maximum Gasteiger partial charge on any atom is 0.219 e. The van der Waals surface area contributed by atoms with Gasteiger partial charge in [-0.3, -0.25) is 4.79 Å². The van der Waals surface area contributed by atoms with Crippen LogP contribution in [0.3, 0.4) is 0 Å². The zero-order chi connectivity index (χ0) is 14.7. The predicted molar refractivity (Wildman–Crippen MR) is 86.3 cm³/mol. The first-order valence-electron chi connectivity index (χ1n) is 8.14. The Bertz CT molecular complexity index is 499. The van der Waals surface area contributed by atoms with E-state index in [4.69, 9.17) is 0 Å². The topological polar surface area (TPSA) is 33.2 Å². The molecular formula is C17H24N2OS. The van der Waals surface area contributed by atoms with Crippen molar-refractivity contribution in [1.29, 1.82) is 0 Å². The van der Waals surface area contributed by atoms with Gasteiger partial charge in [0.15, 0.2) is 0 Å². The molecule has 1 aromatic rings. The maximum absolute atomic E-state index is 11.8. The van der Waals surface area contributed by atoms with E-state index in [0.29, 0.717) is 5.25 Å². The number of hydrogen-bond acceptors (Lipinski definition) is 3. The maximum atomic E-state index is 11.8. The van der Waals surface area contributed by atoms with Crippen LogP contribution in [0, 0.1) is 0 Å². The van der Waals surface area contributed by atoms with E-state index in [1.165, 1.54) is 37.7 Å². The number of pyridine rings is 1. The van der Waals surface area contributed by atoms with Crippen LogP contribution >= 0.6 is 11.8 Å². The summed E-state index contributed by atoms with van der Waals surface area (Å²) in [7, 11) is 0. The molecule has 1 amide bonds. The normalized spacial score (nSPS) is 23.5. The molecule has 0 spiro atoms. The Morgan fingerprint density at radius 1 is 1.24 bits per heavy atom. The van der Waals surface area contributed by atoms with Gasteiger partial charge in [-0.05, 0) is 31.7 Å². The van der Waals surface area contributed by atoms with Gasteiger partial charge in [0.05, 0.1) is 6.04 Å². The second-order valence-corrected chi connectivity index (χ2v) is 7.44. The molecule has 2 fully saturated rings. The highest BCUT2D eigenvalue weighted by Crippen LogP contribution is 2.40. The van der Waals surface area contributed by atoms with E-state index < -0.39 is 0 Å². The number of aromatic nitrogens is 1. The van der Waals surface area contributed by atoms with Crippen molar-refractivity contribution in [2.75, 3.05) is 6.54 Å². The van der Waals surface area contributed by atoms with Crippen molar-refractivity contribution in [3.05, 3.63) is 23.9 Å². The van der Waals surface area contributed by atoms with Crippen molar-refractivity contribution in [2.45, 2.75) is 68.2 Å². The molecule has 114 valence electrons. The summed E-state index contributed by atoms with van der Waals surface area (Å²) < 4.78 is 0. The molecule has 4 heteroatoms. The van der Waals surface area contributed by atoms with E-state index in [1.54, 1.807) is 6.92 Å². The number of rotatable bonds is 3. The zero-order valence-electron chi connectivity index (χ0n) is 12.8. The van der Waals surface area contributed by atoms with Gasteiger partial charge in [-0.15, -0.1) is 11.8 Å². The van der Waals surface area contributed by atoms with Gasteiger partial charge in [-0.25, -0.2) is 4.98 Å². The first-order chi connectivity index (χ1) is 10.3. The minimum Gasteiger partial charge on any atom is -0.336 e. The predicted octanol–water partition coefficient (Wildman–Crippen LogP) is 4.19. The van der Waals surface area contributed by atoms with Gasteiger partial charge < -0.3 is 4.90 Å². The fraction of sp³-hybridized carbons (Fsp3) is 0.647. The Hall–Kier alpha value is -1.03. The molecule has 3 rings (SSSR count). The van der Waals surface area contributed by atoms with E-state index in [1.807, 2.05) is 28.9 Å². The van der Waals surface area contributed by atoms with E-state index in [0.717, 1.165) is 24.4 Å². The van der Waals surface area contributed by atoms with Crippen LogP contribution in [0.25, 0.3) is 0 Å². The minimum absolute atomic E-state index is 0.190. The van der Waals surface area contributed by atoms with Gasteiger partial charge >= 0.3 is 0 Å². The van der Waals surface area contributed by atoms with Gasteiger partial charge in [0.1, 0.15) is 5.03 Å². The Morgan fingerprint density at radius 3 is 2.81 bits per heavy atom. The number of carbonyl (C=O) groups is 1. The molecular weight excluding hydrogens is 280 g/mol. The Kier molecular flexibility index (Phi) is 4.84. The fourth-order valence-electron chi connectivity index (χ4n) is 3.56. The lowest BCUT2D eigenvalue weighted by atomic mass is 10.0. The molecule has 0 N–H and O–H groups in total. The molecule has 3 nitrogen and oxygen atoms in total. The van der Waals surface area contributed by atoms with E-state index >= 15 is 0 Å². The number of amides is 1. The number of thioether (sulfide) groups is 1. The minimum atomic E-state index is 0.190. The van der Waals surface area contributed by atoms with Crippen LogP contribution in [0.15, 0.2) is 23.4 Å². The van der Waals surface area contributed by atoms with Crippen LogP contribution in [0.1, 0.15) is 63.5 Å². The molecule has 0 bridgehead atoms. The summed E-state index contributed by atoms with van der Waals surface area (Å²) >= 11 is 1.94. The highest BCUT2D eigenvalue weighted by Gasteiger charge is 2.30. The lowest BCUT2D eigenvalue weighted by Gasteiger charge is -2.27. The lowest BCUT2D eigenvalue weighted by molar-refractivity contribution is -0.129. The molecule has 2 heterocycles. The number of likely N-dealkylation sites (tertiary alicyclic amines) is 1. The average molecular weight is 304 g/mol. The van der Waals surface area contributed by atoms with Crippen LogP contribution in [0.4, 0.5) is 0 Å². The molecule has 1 atom stereocenters. The van der Waals surface area contributed by atoms with E-state index in [9.17, 15) is 4.79 Å². The highest BCUT2D eigenvalue weighted by molar-refractivity contribution is 7.99. The summed E-state index contributed by atoms with van der Waals surface area (Å²) in [5, 5.41) is 1.86. The third-order valence-corrected chi connectivity index (χ3v) is 6.02. The quantitative estimate of drug-likeness (QED) is 0.839. The van der Waals surface area contributed by atoms with Crippen molar-refractivity contribution in [3.63, 3.8) is 0 Å². The Labute approximate surface area is 131 Å². The largest absolute Gasteiger partial charge is 0.336 e. The van der Waals surface area contributed by atoms with E-state index in [-0.39, 0.29) is 11.9 Å². The first-order valence-corrected chi connectivity index (χ1v) is 9.02. The third-order valence-electron chi connectivity index (χ3n) is 4.65. The smallest absolute Gasteiger partial charge is 0.219 e. The molecule has 1 aliphatic carbocycles. The van der Waals surface area contributed by atoms with Gasteiger partial charge in [0.25, 0.3) is 0 Å². The average Bonchev–Trinajstić information content (AvgIpc) is 2.98. The number of nitrogens with zero attached hydrogens (tertiary/aromatic N) is 2. The van der Waals surface area contributed by atoms with Crippen molar-refractivity contribution >= 4 is 17.7 Å². The fourth-order valence-corrected chi connectivity index (χ4v) is 4.91. The van der Waals surface area contributed by atoms with Crippen LogP contribution in [0.2, 0.25) is 0 Å². The molecule has 2 aliphatic rings. The molecule has 1 aromatic heterocycles. The van der Waals surface area contributed by atoms with Gasteiger partial charge in [-0.1, -0.05) is 25.3 Å².